The van der Waals surface area contributed by atoms with Crippen molar-refractivity contribution in [3.8, 4) is 0 Å². The Labute approximate surface area is 322 Å². The van der Waals surface area contributed by atoms with E-state index in [-0.39, 0.29) is 12.1 Å². The molecule has 0 aliphatic rings. The van der Waals surface area contributed by atoms with Crippen molar-refractivity contribution >= 4 is 11.9 Å². The number of carboxylic acid groups (broad SMARTS) is 1. The molecule has 0 fully saturated rings. The molecule has 0 aliphatic heterocycles. The van der Waals surface area contributed by atoms with Crippen molar-refractivity contribution in [2.45, 2.75) is 219 Å². The summed E-state index contributed by atoms with van der Waals surface area (Å²) in [6, 6.07) is 0. The van der Waals surface area contributed by atoms with Crippen molar-refractivity contribution in [2.24, 2.45) is 0 Å². The molecule has 0 heterocycles. The largest absolute Gasteiger partial charge is 0.481 e. The fourth-order valence-corrected chi connectivity index (χ4v) is 6.25. The van der Waals surface area contributed by atoms with Gasteiger partial charge in [0.2, 0.25) is 0 Å². The minimum Gasteiger partial charge on any atom is -0.481 e. The van der Waals surface area contributed by atoms with Gasteiger partial charge in [0.1, 0.15) is 6.10 Å². The summed E-state index contributed by atoms with van der Waals surface area (Å²) >= 11 is 0. The number of aliphatic carboxylic acids is 1. The topological polar surface area (TPSA) is 63.6 Å². The number of unbranched alkanes of at least 4 members (excludes halogenated alkanes) is 18. The Kier molecular flexibility index (Phi) is 40.6. The molecular weight excluding hydrogens is 641 g/mol. The highest BCUT2D eigenvalue weighted by Gasteiger charge is 2.14. The van der Waals surface area contributed by atoms with Gasteiger partial charge in [0.25, 0.3) is 0 Å². The standard InChI is InChI=1S/C48H82O4/c1-3-5-7-9-11-13-14-15-16-17-18-19-20-21-22-23-24-29-33-37-41-45-48(51)52-46(42-38-34-30-26-12-10-8-6-4-2)43-39-35-31-27-25-28-32-36-40-44-47(49)50/h5,7,11,13,15-16,18-19,21-22,24,29,46H,3-4,6,8-10,12,14,17,20,23,25-28,30-45H2,1-2H3,(H,49,50)/b7-5-,13-11-,16-15-,19-18-,22-21-,29-24-. The Bertz CT molecular complexity index is 953. The second-order valence-electron chi connectivity index (χ2n) is 14.5. The minimum atomic E-state index is -0.682. The van der Waals surface area contributed by atoms with Crippen molar-refractivity contribution in [3.63, 3.8) is 0 Å². The van der Waals surface area contributed by atoms with Crippen molar-refractivity contribution in [1.29, 1.82) is 0 Å². The highest BCUT2D eigenvalue weighted by Crippen LogP contribution is 2.19. The maximum atomic E-state index is 12.7. The van der Waals surface area contributed by atoms with Crippen LogP contribution >= 0.6 is 0 Å². The normalized spacial score (nSPS) is 13.0. The van der Waals surface area contributed by atoms with Crippen LogP contribution in [-0.4, -0.2) is 23.1 Å². The van der Waals surface area contributed by atoms with E-state index in [1.54, 1.807) is 0 Å². The Morgan fingerprint density at radius 1 is 0.442 bits per heavy atom. The first-order valence-corrected chi connectivity index (χ1v) is 21.9. The third kappa shape index (κ3) is 41.8. The lowest BCUT2D eigenvalue weighted by molar-refractivity contribution is -0.150. The average Bonchev–Trinajstić information content (AvgIpc) is 3.13. The summed E-state index contributed by atoms with van der Waals surface area (Å²) in [5.74, 6) is -0.690. The van der Waals surface area contributed by atoms with Gasteiger partial charge in [0.05, 0.1) is 0 Å². The van der Waals surface area contributed by atoms with Crippen LogP contribution in [0.3, 0.4) is 0 Å². The van der Waals surface area contributed by atoms with Crippen LogP contribution in [0.4, 0.5) is 0 Å². The molecule has 0 aliphatic carbocycles. The predicted octanol–water partition coefficient (Wildman–Crippen LogP) is 15.5. The number of carbonyl (C=O) groups excluding carboxylic acids is 1. The molecule has 0 amide bonds. The zero-order valence-electron chi connectivity index (χ0n) is 34.1. The Balaban J connectivity index is 4.14. The van der Waals surface area contributed by atoms with Crippen molar-refractivity contribution in [3.05, 3.63) is 72.9 Å². The summed E-state index contributed by atoms with van der Waals surface area (Å²) < 4.78 is 6.04. The molecule has 0 aromatic rings. The van der Waals surface area contributed by atoms with Gasteiger partial charge in [-0.05, 0) is 89.9 Å². The zero-order chi connectivity index (χ0) is 37.8. The van der Waals surface area contributed by atoms with Gasteiger partial charge < -0.3 is 9.84 Å². The summed E-state index contributed by atoms with van der Waals surface area (Å²) in [6.07, 6.45) is 60.8. The van der Waals surface area contributed by atoms with Gasteiger partial charge >= 0.3 is 11.9 Å². The van der Waals surface area contributed by atoms with E-state index in [1.165, 1.54) is 83.5 Å². The molecule has 0 saturated heterocycles. The molecule has 0 rings (SSSR count). The van der Waals surface area contributed by atoms with Gasteiger partial charge in [0.15, 0.2) is 0 Å². The lowest BCUT2D eigenvalue weighted by atomic mass is 10.0. The van der Waals surface area contributed by atoms with E-state index in [0.717, 1.165) is 103 Å². The number of hydrogen-bond acceptors (Lipinski definition) is 3. The Morgan fingerprint density at radius 3 is 1.23 bits per heavy atom. The second-order valence-corrected chi connectivity index (χ2v) is 14.5. The van der Waals surface area contributed by atoms with Crippen LogP contribution in [0.2, 0.25) is 0 Å². The number of rotatable bonds is 39. The SMILES string of the molecule is CC/C=C\C/C=C\C/C=C\C/C=C\C/C=C\C/C=C\CCCCC(=O)OC(CCCCCCCCCCC)CCCCCCCCCCCC(=O)O. The molecule has 298 valence electrons. The van der Waals surface area contributed by atoms with Crippen LogP contribution in [0.1, 0.15) is 213 Å². The number of allylic oxidation sites excluding steroid dienone is 12. The molecule has 52 heavy (non-hydrogen) atoms. The van der Waals surface area contributed by atoms with Crippen molar-refractivity contribution < 1.29 is 19.4 Å². The lowest BCUT2D eigenvalue weighted by Gasteiger charge is -2.18. The molecule has 1 atom stereocenters. The number of hydrogen-bond donors (Lipinski definition) is 1. The zero-order valence-corrected chi connectivity index (χ0v) is 34.1. The third-order valence-electron chi connectivity index (χ3n) is 9.44. The van der Waals surface area contributed by atoms with E-state index in [4.69, 9.17) is 9.84 Å². The number of carboxylic acids is 1. The molecule has 1 unspecified atom stereocenters. The van der Waals surface area contributed by atoms with Crippen LogP contribution in [0.5, 0.6) is 0 Å². The highest BCUT2D eigenvalue weighted by molar-refractivity contribution is 5.69. The first kappa shape index (κ1) is 49.4. The highest BCUT2D eigenvalue weighted by atomic mass is 16.5. The number of carbonyl (C=O) groups is 2. The predicted molar refractivity (Wildman–Crippen MR) is 227 cm³/mol. The van der Waals surface area contributed by atoms with Crippen LogP contribution in [0.25, 0.3) is 0 Å². The average molecular weight is 723 g/mol. The molecule has 1 N–H and O–H groups in total. The van der Waals surface area contributed by atoms with Crippen LogP contribution in [0.15, 0.2) is 72.9 Å². The van der Waals surface area contributed by atoms with Gasteiger partial charge in [-0.25, -0.2) is 0 Å². The molecule has 0 spiro atoms. The molecule has 0 aromatic carbocycles. The molecule has 0 saturated carbocycles. The first-order valence-electron chi connectivity index (χ1n) is 21.9. The smallest absolute Gasteiger partial charge is 0.306 e. The molecule has 4 heteroatoms. The third-order valence-corrected chi connectivity index (χ3v) is 9.44. The number of esters is 1. The molecule has 4 nitrogen and oxygen atoms in total. The van der Waals surface area contributed by atoms with E-state index >= 15 is 0 Å². The second kappa shape index (κ2) is 42.8. The van der Waals surface area contributed by atoms with Gasteiger partial charge in [-0.15, -0.1) is 0 Å². The monoisotopic (exact) mass is 723 g/mol. The summed E-state index contributed by atoms with van der Waals surface area (Å²) in [6.45, 7) is 4.43. The molecule has 0 aromatic heterocycles. The Hall–Kier alpha value is -2.62. The maximum Gasteiger partial charge on any atom is 0.306 e. The summed E-state index contributed by atoms with van der Waals surface area (Å²) in [7, 11) is 0. The summed E-state index contributed by atoms with van der Waals surface area (Å²) in [5, 5.41) is 8.75. The van der Waals surface area contributed by atoms with E-state index < -0.39 is 5.97 Å². The Morgan fingerprint density at radius 2 is 0.808 bits per heavy atom. The van der Waals surface area contributed by atoms with Gasteiger partial charge in [0, 0.05) is 12.8 Å². The molecule has 0 bridgehead atoms. The first-order chi connectivity index (χ1) is 25.6. The molecular formula is C48H82O4. The van der Waals surface area contributed by atoms with E-state index in [2.05, 4.69) is 86.8 Å². The van der Waals surface area contributed by atoms with Gasteiger partial charge in [-0.2, -0.15) is 0 Å². The molecule has 0 radical (unpaired) electrons. The van der Waals surface area contributed by atoms with E-state index in [9.17, 15) is 9.59 Å². The van der Waals surface area contributed by atoms with Gasteiger partial charge in [-0.3, -0.25) is 9.59 Å². The van der Waals surface area contributed by atoms with Crippen LogP contribution in [0, 0.1) is 0 Å². The van der Waals surface area contributed by atoms with Crippen molar-refractivity contribution in [1.82, 2.24) is 0 Å². The maximum absolute atomic E-state index is 12.7. The van der Waals surface area contributed by atoms with Gasteiger partial charge in [-0.1, -0.05) is 183 Å². The van der Waals surface area contributed by atoms with E-state index in [1.807, 2.05) is 0 Å². The number of ether oxygens (including phenoxy) is 1. The van der Waals surface area contributed by atoms with Crippen LogP contribution < -0.4 is 0 Å². The fraction of sp³-hybridized carbons (Fsp3) is 0.708. The lowest BCUT2D eigenvalue weighted by Crippen LogP contribution is -2.18. The van der Waals surface area contributed by atoms with Crippen molar-refractivity contribution in [2.75, 3.05) is 0 Å². The van der Waals surface area contributed by atoms with E-state index in [0.29, 0.717) is 12.8 Å². The van der Waals surface area contributed by atoms with Crippen LogP contribution in [-0.2, 0) is 14.3 Å². The fourth-order valence-electron chi connectivity index (χ4n) is 6.25. The quantitative estimate of drug-likeness (QED) is 0.0390. The summed E-state index contributed by atoms with van der Waals surface area (Å²) in [4.78, 5) is 23.4. The summed E-state index contributed by atoms with van der Waals surface area (Å²) in [5.41, 5.74) is 0. The minimum absolute atomic E-state index is 0.00779.